The molecule has 5 N–H and O–H groups in total. The van der Waals surface area contributed by atoms with Crippen molar-refractivity contribution in [1.82, 2.24) is 10.6 Å². The third kappa shape index (κ3) is 5.33. The summed E-state index contributed by atoms with van der Waals surface area (Å²) in [7, 11) is 0. The highest BCUT2D eigenvalue weighted by atomic mass is 32.1. The van der Waals surface area contributed by atoms with E-state index in [1.54, 1.807) is 0 Å². The molecule has 2 aromatic rings. The topological polar surface area (TPSA) is 96.2 Å². The molecule has 28 heavy (non-hydrogen) atoms. The molecule has 2 heterocycles. The van der Waals surface area contributed by atoms with Crippen molar-refractivity contribution in [2.24, 2.45) is 11.7 Å². The van der Waals surface area contributed by atoms with E-state index in [1.807, 2.05) is 6.07 Å². The third-order valence-electron chi connectivity index (χ3n) is 4.71. The van der Waals surface area contributed by atoms with Crippen molar-refractivity contribution in [2.75, 3.05) is 18.4 Å². The molecule has 0 bridgehead atoms. The highest BCUT2D eigenvalue weighted by Crippen LogP contribution is 2.35. The van der Waals surface area contributed by atoms with Crippen LogP contribution in [0, 0.1) is 5.92 Å². The highest BCUT2D eigenvalue weighted by Gasteiger charge is 2.22. The molecule has 1 saturated heterocycles. The molecule has 1 aliphatic heterocycles. The number of urea groups is 1. The number of hydrogen-bond donors (Lipinski definition) is 4. The molecule has 150 valence electrons. The average Bonchev–Trinajstić information content (AvgIpc) is 3.06. The molecule has 6 nitrogen and oxygen atoms in total. The fourth-order valence-corrected chi connectivity index (χ4v) is 4.45. The smallest absolute Gasteiger partial charge is 0.316 e. The zero-order valence-electron chi connectivity index (χ0n) is 16.4. The van der Waals surface area contributed by atoms with Crippen LogP contribution in [0.1, 0.15) is 41.9 Å². The van der Waals surface area contributed by atoms with Crippen molar-refractivity contribution >= 4 is 29.0 Å². The van der Waals surface area contributed by atoms with Crippen molar-refractivity contribution in [2.45, 2.75) is 39.2 Å². The van der Waals surface area contributed by atoms with E-state index in [0.29, 0.717) is 16.5 Å². The first-order valence-corrected chi connectivity index (χ1v) is 10.5. The number of piperidine rings is 1. The third-order valence-corrected chi connectivity index (χ3v) is 5.89. The SMILES string of the molecule is CC(C)Cc1ccc(-c2cc(NC(N)=O)c(C(=O)N[C@H]3CCCNC3)s2)cc1. The normalized spacial score (nSPS) is 16.8. The Hall–Kier alpha value is -2.38. The molecule has 7 heteroatoms. The van der Waals surface area contributed by atoms with Crippen molar-refractivity contribution < 1.29 is 9.59 Å². The first-order chi connectivity index (χ1) is 13.4. The van der Waals surface area contributed by atoms with Gasteiger partial charge in [0.1, 0.15) is 4.88 Å². The van der Waals surface area contributed by atoms with Gasteiger partial charge in [-0.25, -0.2) is 4.79 Å². The zero-order chi connectivity index (χ0) is 20.1. The van der Waals surface area contributed by atoms with Crippen molar-refractivity contribution in [3.05, 3.63) is 40.8 Å². The lowest BCUT2D eigenvalue weighted by molar-refractivity contribution is 0.0935. The number of amides is 3. The van der Waals surface area contributed by atoms with Gasteiger partial charge in [-0.05, 0) is 48.9 Å². The molecule has 0 unspecified atom stereocenters. The van der Waals surface area contributed by atoms with Crippen molar-refractivity contribution in [3.63, 3.8) is 0 Å². The molecule has 1 aliphatic rings. The van der Waals surface area contributed by atoms with E-state index in [0.717, 1.165) is 42.8 Å². The summed E-state index contributed by atoms with van der Waals surface area (Å²) in [5.41, 5.74) is 8.07. The van der Waals surface area contributed by atoms with Crippen LogP contribution in [0.5, 0.6) is 0 Å². The molecule has 3 amide bonds. The van der Waals surface area contributed by atoms with Crippen LogP contribution in [0.15, 0.2) is 30.3 Å². The molecule has 1 aromatic carbocycles. The van der Waals surface area contributed by atoms with Crippen LogP contribution < -0.4 is 21.7 Å². The number of rotatable bonds is 6. The maximum Gasteiger partial charge on any atom is 0.316 e. The second-order valence-electron chi connectivity index (χ2n) is 7.65. The van der Waals surface area contributed by atoms with E-state index < -0.39 is 6.03 Å². The van der Waals surface area contributed by atoms with Crippen LogP contribution in [0.3, 0.4) is 0 Å². The summed E-state index contributed by atoms with van der Waals surface area (Å²) >= 11 is 1.37. The Morgan fingerprint density at radius 1 is 1.29 bits per heavy atom. The minimum atomic E-state index is -0.676. The number of carbonyl (C=O) groups is 2. The molecule has 1 fully saturated rings. The standard InChI is InChI=1S/C21H28N4O2S/c1-13(2)10-14-5-7-15(8-6-14)18-11-17(25-21(22)27)19(28-18)20(26)24-16-4-3-9-23-12-16/h5-8,11,13,16,23H,3-4,9-10,12H2,1-2H3,(H,24,26)(H3,22,25,27)/t16-/m0/s1. The van der Waals surface area contributed by atoms with Gasteiger partial charge >= 0.3 is 6.03 Å². The summed E-state index contributed by atoms with van der Waals surface area (Å²) in [5, 5.41) is 8.94. The van der Waals surface area contributed by atoms with Gasteiger partial charge in [-0.1, -0.05) is 38.1 Å². The van der Waals surface area contributed by atoms with Crippen molar-refractivity contribution in [3.8, 4) is 10.4 Å². The molecule has 0 aliphatic carbocycles. The van der Waals surface area contributed by atoms with E-state index >= 15 is 0 Å². The van der Waals surface area contributed by atoms with Gasteiger partial charge in [-0.2, -0.15) is 0 Å². The van der Waals surface area contributed by atoms with E-state index in [9.17, 15) is 9.59 Å². The Balaban J connectivity index is 1.82. The van der Waals surface area contributed by atoms with Gasteiger partial charge in [0.05, 0.1) is 5.69 Å². The molecule has 0 spiro atoms. The van der Waals surface area contributed by atoms with Gasteiger partial charge in [-0.3, -0.25) is 4.79 Å². The molecular formula is C21H28N4O2S. The lowest BCUT2D eigenvalue weighted by atomic mass is 10.0. The Bertz CT molecular complexity index is 823. The van der Waals surface area contributed by atoms with Crippen LogP contribution >= 0.6 is 11.3 Å². The molecular weight excluding hydrogens is 372 g/mol. The molecule has 3 rings (SSSR count). The van der Waals surface area contributed by atoms with E-state index in [1.165, 1.54) is 16.9 Å². The number of nitrogens with two attached hydrogens (primary N) is 1. The molecule has 0 radical (unpaired) electrons. The van der Waals surface area contributed by atoms with Crippen LogP contribution in [-0.2, 0) is 6.42 Å². The summed E-state index contributed by atoms with van der Waals surface area (Å²) < 4.78 is 0. The predicted molar refractivity (Wildman–Crippen MR) is 115 cm³/mol. The fraction of sp³-hybridized carbons (Fsp3) is 0.429. The van der Waals surface area contributed by atoms with Crippen LogP contribution in [0.4, 0.5) is 10.5 Å². The predicted octanol–water partition coefficient (Wildman–Crippen LogP) is 3.59. The average molecular weight is 401 g/mol. The van der Waals surface area contributed by atoms with Crippen LogP contribution in [-0.4, -0.2) is 31.1 Å². The monoisotopic (exact) mass is 400 g/mol. The van der Waals surface area contributed by atoms with Crippen LogP contribution in [0.25, 0.3) is 10.4 Å². The number of carbonyl (C=O) groups excluding carboxylic acids is 2. The first kappa shape index (κ1) is 20.4. The summed E-state index contributed by atoms with van der Waals surface area (Å²) in [5.74, 6) is 0.425. The largest absolute Gasteiger partial charge is 0.351 e. The number of anilines is 1. The van der Waals surface area contributed by atoms with E-state index in [2.05, 4.69) is 54.1 Å². The quantitative estimate of drug-likeness (QED) is 0.597. The van der Waals surface area contributed by atoms with Gasteiger partial charge < -0.3 is 21.7 Å². The Morgan fingerprint density at radius 3 is 2.64 bits per heavy atom. The van der Waals surface area contributed by atoms with E-state index in [4.69, 9.17) is 5.73 Å². The Kier molecular flexibility index (Phi) is 6.70. The maximum absolute atomic E-state index is 12.8. The number of thiophene rings is 1. The zero-order valence-corrected chi connectivity index (χ0v) is 17.2. The summed E-state index contributed by atoms with van der Waals surface area (Å²) in [6.07, 6.45) is 3.02. The summed E-state index contributed by atoms with van der Waals surface area (Å²) in [4.78, 5) is 25.6. The first-order valence-electron chi connectivity index (χ1n) is 9.73. The van der Waals surface area contributed by atoms with Gasteiger partial charge in [0, 0.05) is 17.5 Å². The number of primary amides is 1. The molecule has 1 atom stereocenters. The second kappa shape index (κ2) is 9.21. The lowest BCUT2D eigenvalue weighted by Gasteiger charge is -2.23. The minimum absolute atomic E-state index is 0.101. The van der Waals surface area contributed by atoms with Crippen molar-refractivity contribution in [1.29, 1.82) is 0 Å². The van der Waals surface area contributed by atoms with Gasteiger partial charge in [0.25, 0.3) is 5.91 Å². The summed E-state index contributed by atoms with van der Waals surface area (Å²) in [6.45, 7) is 6.14. The van der Waals surface area contributed by atoms with Crippen LogP contribution in [0.2, 0.25) is 0 Å². The number of benzene rings is 1. The lowest BCUT2D eigenvalue weighted by Crippen LogP contribution is -2.45. The van der Waals surface area contributed by atoms with Gasteiger partial charge in [0.2, 0.25) is 0 Å². The molecule has 1 aromatic heterocycles. The minimum Gasteiger partial charge on any atom is -0.351 e. The maximum atomic E-state index is 12.8. The molecule has 0 saturated carbocycles. The second-order valence-corrected chi connectivity index (χ2v) is 8.71. The Morgan fingerprint density at radius 2 is 2.04 bits per heavy atom. The fourth-order valence-electron chi connectivity index (χ4n) is 3.43. The van der Waals surface area contributed by atoms with Gasteiger partial charge in [0.15, 0.2) is 0 Å². The van der Waals surface area contributed by atoms with E-state index in [-0.39, 0.29) is 11.9 Å². The number of hydrogen-bond acceptors (Lipinski definition) is 4. The summed E-state index contributed by atoms with van der Waals surface area (Å²) in [6, 6.07) is 9.59. The Labute approximate surface area is 169 Å². The van der Waals surface area contributed by atoms with Gasteiger partial charge in [-0.15, -0.1) is 11.3 Å². The number of nitrogens with one attached hydrogen (secondary N) is 3. The highest BCUT2D eigenvalue weighted by molar-refractivity contribution is 7.18.